The quantitative estimate of drug-likeness (QED) is 0.399. The molecule has 0 rings (SSSR count). The van der Waals surface area contributed by atoms with E-state index in [1.165, 1.54) is 16.5 Å². The molecule has 0 spiro atoms. The van der Waals surface area contributed by atoms with Gasteiger partial charge in [-0.2, -0.15) is 0 Å². The molecule has 0 amide bonds. The predicted octanol–water partition coefficient (Wildman–Crippen LogP) is 1.79. The van der Waals surface area contributed by atoms with Crippen molar-refractivity contribution < 1.29 is 9.53 Å². The van der Waals surface area contributed by atoms with Gasteiger partial charge >= 0.3 is 72.5 Å². The monoisotopic (exact) mass is 218 g/mol. The molecule has 0 saturated carbocycles. The third-order valence-electron chi connectivity index (χ3n) is 1.45. The van der Waals surface area contributed by atoms with E-state index in [0.29, 0.717) is 5.39 Å². The van der Waals surface area contributed by atoms with E-state index in [1.807, 2.05) is 0 Å². The summed E-state index contributed by atoms with van der Waals surface area (Å²) in [5.41, 5.74) is 0. The first-order valence-electron chi connectivity index (χ1n) is 3.76. The van der Waals surface area contributed by atoms with Crippen molar-refractivity contribution in [1.82, 2.24) is 0 Å². The fourth-order valence-electron chi connectivity index (χ4n) is 0.620. The van der Waals surface area contributed by atoms with Crippen molar-refractivity contribution in [1.29, 1.82) is 0 Å². The van der Waals surface area contributed by atoms with Crippen LogP contribution in [-0.2, 0) is 9.53 Å². The second-order valence-electron chi connectivity index (χ2n) is 2.10. The van der Waals surface area contributed by atoms with Gasteiger partial charge in [-0.15, -0.1) is 0 Å². The summed E-state index contributed by atoms with van der Waals surface area (Å²) in [5.74, 6) is -0.286. The first kappa shape index (κ1) is 10.8. The van der Waals surface area contributed by atoms with Crippen molar-refractivity contribution in [2.75, 3.05) is 5.39 Å². The van der Waals surface area contributed by atoms with Crippen LogP contribution in [0.25, 0.3) is 0 Å². The van der Waals surface area contributed by atoms with Crippen LogP contribution in [0.15, 0.2) is 12.7 Å². The van der Waals surface area contributed by atoms with E-state index in [4.69, 9.17) is 4.74 Å². The maximum absolute atomic E-state index is 10.6. The van der Waals surface area contributed by atoms with Gasteiger partial charge in [-0.1, -0.05) is 0 Å². The second kappa shape index (κ2) is 6.48. The molecule has 0 saturated heterocycles. The van der Waals surface area contributed by atoms with E-state index in [2.05, 4.69) is 20.4 Å². The summed E-state index contributed by atoms with van der Waals surface area (Å²) in [4.78, 5) is 10.6. The molecule has 0 heterocycles. The zero-order valence-corrected chi connectivity index (χ0v) is 9.05. The fraction of sp³-hybridized carbons (Fsp3) is 0.625. The second-order valence-corrected chi connectivity index (χ2v) is 8.11. The minimum atomic E-state index is -0.816. The number of esters is 1. The summed E-state index contributed by atoms with van der Waals surface area (Å²) in [6, 6.07) is 0. The topological polar surface area (TPSA) is 26.3 Å². The molecule has 0 aliphatic heterocycles. The van der Waals surface area contributed by atoms with Crippen LogP contribution in [0.4, 0.5) is 0 Å². The zero-order valence-electron chi connectivity index (χ0n) is 7.17. The van der Waals surface area contributed by atoms with Gasteiger partial charge in [-0.3, -0.25) is 0 Å². The summed E-state index contributed by atoms with van der Waals surface area (Å²) >= 11 is -0.816. The van der Waals surface area contributed by atoms with E-state index in [-0.39, 0.29) is 5.97 Å². The van der Waals surface area contributed by atoms with E-state index in [1.54, 1.807) is 0 Å². The number of hydrogen-bond donors (Lipinski definition) is 0. The molecule has 2 nitrogen and oxygen atoms in total. The van der Waals surface area contributed by atoms with Gasteiger partial charge in [-0.05, 0) is 0 Å². The zero-order chi connectivity index (χ0) is 8.69. The Hall–Kier alpha value is -0.232. The van der Waals surface area contributed by atoms with Crippen LogP contribution in [0.1, 0.15) is 13.8 Å². The number of carbonyl (C=O) groups is 1. The number of carbonyl (C=O) groups excluding carboxylic acids is 1. The van der Waals surface area contributed by atoms with Gasteiger partial charge in [0.05, 0.1) is 0 Å². The Morgan fingerprint density at radius 2 is 2.09 bits per heavy atom. The van der Waals surface area contributed by atoms with Gasteiger partial charge in [0.1, 0.15) is 0 Å². The van der Waals surface area contributed by atoms with Crippen molar-refractivity contribution in [3.05, 3.63) is 12.7 Å². The molecule has 0 aromatic carbocycles. The molecule has 0 aliphatic carbocycles. The molecule has 11 heavy (non-hydrogen) atoms. The third-order valence-corrected chi connectivity index (χ3v) is 6.24. The Kier molecular flexibility index (Phi) is 6.34. The Labute approximate surface area is 72.9 Å². The van der Waals surface area contributed by atoms with Crippen molar-refractivity contribution in [2.45, 2.75) is 24.3 Å². The Morgan fingerprint density at radius 3 is 2.45 bits per heavy atom. The summed E-state index contributed by atoms with van der Waals surface area (Å²) in [7, 11) is 0. The standard InChI is InChI=1S/C8H15AsO2/c1-4-8(10)11-7-9(5-2)6-3/h4H,1,5-7H2,2-3H3. The molecule has 0 aromatic rings. The van der Waals surface area contributed by atoms with Crippen LogP contribution in [0.5, 0.6) is 0 Å². The van der Waals surface area contributed by atoms with Crippen LogP contribution < -0.4 is 0 Å². The van der Waals surface area contributed by atoms with E-state index in [9.17, 15) is 4.79 Å². The Bertz CT molecular complexity index is 130. The molecule has 64 valence electrons. The summed E-state index contributed by atoms with van der Waals surface area (Å²) < 4.78 is 4.94. The van der Waals surface area contributed by atoms with Gasteiger partial charge in [0, 0.05) is 0 Å². The molecule has 0 bridgehead atoms. The SMILES string of the molecule is C=CC(=O)OC[As](CC)CC. The van der Waals surface area contributed by atoms with Crippen LogP contribution in [0.3, 0.4) is 0 Å². The van der Waals surface area contributed by atoms with Crippen LogP contribution in [-0.4, -0.2) is 26.0 Å². The molecule has 0 aromatic heterocycles. The molecular formula is C8H15AsO2. The normalized spacial score (nSPS) is 9.73. The van der Waals surface area contributed by atoms with Crippen molar-refractivity contribution in [2.24, 2.45) is 0 Å². The van der Waals surface area contributed by atoms with Crippen LogP contribution >= 0.6 is 0 Å². The average Bonchev–Trinajstić information content (AvgIpc) is 2.06. The molecular weight excluding hydrogens is 203 g/mol. The van der Waals surface area contributed by atoms with E-state index >= 15 is 0 Å². The van der Waals surface area contributed by atoms with Crippen LogP contribution in [0.2, 0.25) is 10.4 Å². The average molecular weight is 218 g/mol. The molecule has 0 unspecified atom stereocenters. The number of rotatable bonds is 5. The van der Waals surface area contributed by atoms with Gasteiger partial charge in [0.15, 0.2) is 0 Å². The molecule has 0 atom stereocenters. The minimum absolute atomic E-state index is 0.286. The van der Waals surface area contributed by atoms with E-state index in [0.717, 1.165) is 0 Å². The van der Waals surface area contributed by atoms with Gasteiger partial charge in [0.2, 0.25) is 0 Å². The molecule has 0 fully saturated rings. The third kappa shape index (κ3) is 5.08. The van der Waals surface area contributed by atoms with Gasteiger partial charge in [0.25, 0.3) is 0 Å². The maximum atomic E-state index is 10.6. The summed E-state index contributed by atoms with van der Waals surface area (Å²) in [6.07, 6.45) is 1.22. The fourth-order valence-corrected chi connectivity index (χ4v) is 2.97. The number of hydrogen-bond acceptors (Lipinski definition) is 2. The van der Waals surface area contributed by atoms with Gasteiger partial charge < -0.3 is 0 Å². The summed E-state index contributed by atoms with van der Waals surface area (Å²) in [5, 5.41) is 3.08. The Morgan fingerprint density at radius 1 is 1.55 bits per heavy atom. The first-order valence-corrected chi connectivity index (χ1v) is 7.74. The first-order chi connectivity index (χ1) is 5.24. The number of ether oxygens (including phenoxy) is 1. The van der Waals surface area contributed by atoms with Gasteiger partial charge in [-0.25, -0.2) is 0 Å². The van der Waals surface area contributed by atoms with Crippen molar-refractivity contribution in [3.8, 4) is 0 Å². The predicted molar refractivity (Wildman–Crippen MR) is 47.9 cm³/mol. The summed E-state index contributed by atoms with van der Waals surface area (Å²) in [6.45, 7) is 7.65. The molecule has 0 aliphatic rings. The van der Waals surface area contributed by atoms with Crippen molar-refractivity contribution >= 4 is 20.6 Å². The Balaban J connectivity index is 3.49. The van der Waals surface area contributed by atoms with Crippen LogP contribution in [0, 0.1) is 0 Å². The molecule has 3 heteroatoms. The molecule has 0 N–H and O–H groups in total. The molecule has 0 radical (unpaired) electrons. The van der Waals surface area contributed by atoms with E-state index < -0.39 is 14.7 Å². The van der Waals surface area contributed by atoms with Crippen molar-refractivity contribution in [3.63, 3.8) is 0 Å².